The normalized spacial score (nSPS) is 16.3. The molecular formula is C19H26N4O4. The number of rotatable bonds is 9. The maximum Gasteiger partial charge on any atom is 0.308 e. The second-order valence-electron chi connectivity index (χ2n) is 6.57. The molecule has 8 heteroatoms. The lowest BCUT2D eigenvalue weighted by Crippen LogP contribution is -2.48. The number of carbonyl (C=O) groups excluding carboxylic acids is 1. The quantitative estimate of drug-likeness (QED) is 0.670. The van der Waals surface area contributed by atoms with E-state index in [1.165, 1.54) is 0 Å². The Balaban J connectivity index is 1.83. The van der Waals surface area contributed by atoms with Crippen molar-refractivity contribution < 1.29 is 19.4 Å². The Morgan fingerprint density at radius 1 is 1.30 bits per heavy atom. The average molecular weight is 374 g/mol. The highest BCUT2D eigenvalue weighted by atomic mass is 16.5. The predicted octanol–water partition coefficient (Wildman–Crippen LogP) is 1.26. The van der Waals surface area contributed by atoms with Crippen LogP contribution in [0.15, 0.2) is 24.3 Å². The minimum Gasteiger partial charge on any atom is -0.497 e. The molecule has 0 aliphatic carbocycles. The van der Waals surface area contributed by atoms with E-state index in [9.17, 15) is 14.7 Å². The zero-order valence-electron chi connectivity index (χ0n) is 15.6. The molecule has 1 atom stereocenters. The maximum absolute atomic E-state index is 12.3. The molecule has 2 N–H and O–H groups in total. The van der Waals surface area contributed by atoms with Gasteiger partial charge in [-0.05, 0) is 12.1 Å². The Labute approximate surface area is 159 Å². The number of nitrogens with zero attached hydrogens (tertiary/aromatic N) is 3. The number of aliphatic carboxylic acids is 1. The highest BCUT2D eigenvalue weighted by Crippen LogP contribution is 2.18. The summed E-state index contributed by atoms with van der Waals surface area (Å²) in [5, 5.41) is 20.9. The number of hydrogen-bond acceptors (Lipinski definition) is 6. The molecule has 0 aromatic heterocycles. The summed E-state index contributed by atoms with van der Waals surface area (Å²) in [5.74, 6) is -1.44. The van der Waals surface area contributed by atoms with Crippen molar-refractivity contribution in [2.24, 2.45) is 5.92 Å². The van der Waals surface area contributed by atoms with E-state index in [0.29, 0.717) is 24.4 Å². The second-order valence-corrected chi connectivity index (χ2v) is 6.57. The highest BCUT2D eigenvalue weighted by molar-refractivity contribution is 5.93. The van der Waals surface area contributed by atoms with E-state index in [-0.39, 0.29) is 12.3 Å². The number of anilines is 1. The van der Waals surface area contributed by atoms with Crippen LogP contribution in [0.25, 0.3) is 0 Å². The summed E-state index contributed by atoms with van der Waals surface area (Å²) in [6, 6.07) is 9.09. The lowest BCUT2D eigenvalue weighted by atomic mass is 10.0. The van der Waals surface area contributed by atoms with Gasteiger partial charge in [-0.3, -0.25) is 19.4 Å². The molecule has 8 nitrogen and oxygen atoms in total. The van der Waals surface area contributed by atoms with E-state index in [1.54, 1.807) is 31.4 Å². The maximum atomic E-state index is 12.3. The molecule has 0 radical (unpaired) electrons. The van der Waals surface area contributed by atoms with Crippen molar-refractivity contribution in [3.63, 3.8) is 0 Å². The number of hydrogen-bond donors (Lipinski definition) is 2. The molecule has 0 spiro atoms. The number of benzene rings is 1. The Morgan fingerprint density at radius 2 is 2.00 bits per heavy atom. The molecule has 1 fully saturated rings. The fraction of sp³-hybridized carbons (Fsp3) is 0.526. The van der Waals surface area contributed by atoms with Gasteiger partial charge in [-0.15, -0.1) is 0 Å². The van der Waals surface area contributed by atoms with Crippen molar-refractivity contribution in [3.05, 3.63) is 24.3 Å². The molecule has 0 unspecified atom stereocenters. The zero-order chi connectivity index (χ0) is 19.6. The molecule has 2 rings (SSSR count). The van der Waals surface area contributed by atoms with Crippen LogP contribution in [0.4, 0.5) is 5.69 Å². The molecular weight excluding hydrogens is 348 g/mol. The smallest absolute Gasteiger partial charge is 0.308 e. The van der Waals surface area contributed by atoms with Gasteiger partial charge in [-0.1, -0.05) is 6.07 Å². The summed E-state index contributed by atoms with van der Waals surface area (Å²) in [6.45, 7) is 4.19. The van der Waals surface area contributed by atoms with Crippen LogP contribution in [0.3, 0.4) is 0 Å². The van der Waals surface area contributed by atoms with Gasteiger partial charge < -0.3 is 15.2 Å². The number of methoxy groups -OCH3 is 1. The number of nitriles is 1. The van der Waals surface area contributed by atoms with Crippen molar-refractivity contribution in [1.82, 2.24) is 9.80 Å². The number of nitrogens with one attached hydrogen (secondary N) is 1. The molecule has 1 aliphatic rings. The van der Waals surface area contributed by atoms with Crippen LogP contribution in [-0.4, -0.2) is 73.2 Å². The third-order valence-electron chi connectivity index (χ3n) is 4.62. The Bertz CT molecular complexity index is 681. The molecule has 1 aliphatic heterocycles. The first-order valence-corrected chi connectivity index (χ1v) is 9.00. The van der Waals surface area contributed by atoms with Crippen molar-refractivity contribution in [2.45, 2.75) is 12.8 Å². The molecule has 146 valence electrons. The summed E-state index contributed by atoms with van der Waals surface area (Å²) >= 11 is 0. The van der Waals surface area contributed by atoms with Gasteiger partial charge in [0.15, 0.2) is 0 Å². The van der Waals surface area contributed by atoms with Gasteiger partial charge in [-0.25, -0.2) is 0 Å². The number of carboxylic acid groups (broad SMARTS) is 1. The number of amides is 1. The number of carboxylic acids is 1. The van der Waals surface area contributed by atoms with E-state index in [4.69, 9.17) is 10.00 Å². The van der Waals surface area contributed by atoms with Crippen molar-refractivity contribution >= 4 is 17.6 Å². The lowest BCUT2D eigenvalue weighted by Gasteiger charge is -2.35. The molecule has 0 saturated carbocycles. The summed E-state index contributed by atoms with van der Waals surface area (Å²) < 4.78 is 5.12. The van der Waals surface area contributed by atoms with Crippen molar-refractivity contribution in [3.8, 4) is 11.8 Å². The lowest BCUT2D eigenvalue weighted by molar-refractivity contribution is -0.144. The molecule has 1 saturated heterocycles. The minimum absolute atomic E-state index is 0.0822. The predicted molar refractivity (Wildman–Crippen MR) is 100 cm³/mol. The first-order chi connectivity index (χ1) is 13.0. The fourth-order valence-electron chi connectivity index (χ4n) is 3.08. The van der Waals surface area contributed by atoms with Gasteiger partial charge in [0.1, 0.15) is 5.75 Å². The SMILES string of the molecule is COc1cccc(NC(=O)C[C@H](CN2CCN(CCC#N)CC2)C(=O)O)c1. The highest BCUT2D eigenvalue weighted by Gasteiger charge is 2.26. The van der Waals surface area contributed by atoms with Crippen LogP contribution >= 0.6 is 0 Å². The van der Waals surface area contributed by atoms with E-state index >= 15 is 0 Å². The van der Waals surface area contributed by atoms with Crippen LogP contribution < -0.4 is 10.1 Å². The third kappa shape index (κ3) is 6.89. The summed E-state index contributed by atoms with van der Waals surface area (Å²) in [7, 11) is 1.54. The van der Waals surface area contributed by atoms with Crippen LogP contribution in [-0.2, 0) is 9.59 Å². The molecule has 1 aromatic rings. The fourth-order valence-corrected chi connectivity index (χ4v) is 3.08. The molecule has 27 heavy (non-hydrogen) atoms. The van der Waals surface area contributed by atoms with Gasteiger partial charge in [0.25, 0.3) is 0 Å². The van der Waals surface area contributed by atoms with Crippen molar-refractivity contribution in [1.29, 1.82) is 5.26 Å². The van der Waals surface area contributed by atoms with Gasteiger partial charge in [0, 0.05) is 63.9 Å². The van der Waals surface area contributed by atoms with Crippen molar-refractivity contribution in [2.75, 3.05) is 51.7 Å². The Morgan fingerprint density at radius 3 is 2.63 bits per heavy atom. The van der Waals surface area contributed by atoms with Crippen LogP contribution in [0.2, 0.25) is 0 Å². The van der Waals surface area contributed by atoms with E-state index in [1.807, 2.05) is 0 Å². The standard InChI is InChI=1S/C19H26N4O4/c1-27-17-5-2-4-16(13-17)21-18(24)12-15(19(25)26)14-23-10-8-22(9-11-23)7-3-6-20/h2,4-5,13,15H,3,7-12,14H2,1H3,(H,21,24)(H,25,26)/t15-/m1/s1. The zero-order valence-corrected chi connectivity index (χ0v) is 15.6. The van der Waals surface area contributed by atoms with Gasteiger partial charge in [-0.2, -0.15) is 5.26 Å². The number of piperazine rings is 1. The van der Waals surface area contributed by atoms with Crippen LogP contribution in [0, 0.1) is 17.2 Å². The molecule has 1 aromatic carbocycles. The van der Waals surface area contributed by atoms with E-state index < -0.39 is 11.9 Å². The van der Waals surface area contributed by atoms with Gasteiger partial charge in [0.05, 0.1) is 19.1 Å². The summed E-state index contributed by atoms with van der Waals surface area (Å²) in [6.07, 6.45) is 0.420. The molecule has 1 heterocycles. The monoisotopic (exact) mass is 374 g/mol. The molecule has 0 bridgehead atoms. The first-order valence-electron chi connectivity index (χ1n) is 9.00. The van der Waals surface area contributed by atoms with Gasteiger partial charge >= 0.3 is 5.97 Å². The molecule has 1 amide bonds. The number of carbonyl (C=O) groups is 2. The van der Waals surface area contributed by atoms with E-state index in [0.717, 1.165) is 32.7 Å². The van der Waals surface area contributed by atoms with E-state index in [2.05, 4.69) is 21.2 Å². The third-order valence-corrected chi connectivity index (χ3v) is 4.62. The largest absolute Gasteiger partial charge is 0.497 e. The van der Waals surface area contributed by atoms with Gasteiger partial charge in [0.2, 0.25) is 5.91 Å². The Kier molecular flexibility index (Phi) is 8.04. The first kappa shape index (κ1) is 20.7. The summed E-state index contributed by atoms with van der Waals surface area (Å²) in [4.78, 5) is 28.1. The second kappa shape index (κ2) is 10.5. The van der Waals surface area contributed by atoms with Crippen LogP contribution in [0.1, 0.15) is 12.8 Å². The minimum atomic E-state index is -0.970. The Hall–Kier alpha value is -2.63. The average Bonchev–Trinajstić information content (AvgIpc) is 2.67. The topological polar surface area (TPSA) is 106 Å². The number of ether oxygens (including phenoxy) is 1. The van der Waals surface area contributed by atoms with Crippen LogP contribution in [0.5, 0.6) is 5.75 Å². The summed E-state index contributed by atoms with van der Waals surface area (Å²) in [5.41, 5.74) is 0.578.